The Hall–Kier alpha value is -2.17. The summed E-state index contributed by atoms with van der Waals surface area (Å²) in [5, 5.41) is 5.68. The molecule has 2 amide bonds. The van der Waals surface area contributed by atoms with E-state index in [1.165, 1.54) is 6.92 Å². The molecule has 2 N–H and O–H groups in total. The number of benzene rings is 1. The van der Waals surface area contributed by atoms with E-state index in [0.717, 1.165) is 12.8 Å². The van der Waals surface area contributed by atoms with Crippen LogP contribution in [0.5, 0.6) is 0 Å². The minimum absolute atomic E-state index is 0.0182. The highest BCUT2D eigenvalue weighted by Crippen LogP contribution is 2.47. The predicted molar refractivity (Wildman–Crippen MR) is 77.9 cm³/mol. The molecule has 3 rings (SSSR count). The second-order valence-corrected chi connectivity index (χ2v) is 5.92. The smallest absolute Gasteiger partial charge is 0.240 e. The first-order chi connectivity index (χ1) is 10.0. The van der Waals surface area contributed by atoms with Crippen molar-refractivity contribution < 1.29 is 14.4 Å². The average molecular weight is 286 g/mol. The van der Waals surface area contributed by atoms with Crippen LogP contribution in [0.1, 0.15) is 43.0 Å². The van der Waals surface area contributed by atoms with Gasteiger partial charge >= 0.3 is 0 Å². The number of Topliss-reactive ketones (excluding diaryl/α,β-unsaturated/α-hetero) is 1. The summed E-state index contributed by atoms with van der Waals surface area (Å²) in [7, 11) is 0. The topological polar surface area (TPSA) is 75.3 Å². The third kappa shape index (κ3) is 2.82. The van der Waals surface area contributed by atoms with Crippen LogP contribution >= 0.6 is 0 Å². The van der Waals surface area contributed by atoms with Crippen LogP contribution in [-0.4, -0.2) is 23.6 Å². The Kier molecular flexibility index (Phi) is 3.27. The molecular formula is C16H18N2O3. The molecule has 2 fully saturated rings. The molecule has 0 atom stereocenters. The Labute approximate surface area is 123 Å². The molecule has 2 aliphatic rings. The van der Waals surface area contributed by atoms with E-state index < -0.39 is 5.41 Å². The van der Waals surface area contributed by atoms with Gasteiger partial charge in [-0.05, 0) is 56.9 Å². The van der Waals surface area contributed by atoms with Crippen molar-refractivity contribution in [2.24, 2.45) is 5.41 Å². The molecule has 5 nitrogen and oxygen atoms in total. The van der Waals surface area contributed by atoms with E-state index in [9.17, 15) is 14.4 Å². The third-order valence-corrected chi connectivity index (χ3v) is 4.08. The molecule has 0 saturated heterocycles. The lowest BCUT2D eigenvalue weighted by atomic mass is 10.0. The standard InChI is InChI=1S/C16H18N2O3/c1-10(19)11-2-4-12(5-3-11)17-14(20)16(8-9-16)15(21)18-13-6-7-13/h2-5,13H,6-9H2,1H3,(H,17,20)(H,18,21). The number of carbonyl (C=O) groups is 3. The maximum absolute atomic E-state index is 12.3. The number of hydrogen-bond acceptors (Lipinski definition) is 3. The van der Waals surface area contributed by atoms with Crippen LogP contribution < -0.4 is 10.6 Å². The highest BCUT2D eigenvalue weighted by Gasteiger charge is 2.57. The number of nitrogens with one attached hydrogen (secondary N) is 2. The monoisotopic (exact) mass is 286 g/mol. The summed E-state index contributed by atoms with van der Waals surface area (Å²) in [4.78, 5) is 35.7. The zero-order chi connectivity index (χ0) is 15.0. The fraction of sp³-hybridized carbons (Fsp3) is 0.438. The minimum atomic E-state index is -0.887. The summed E-state index contributed by atoms with van der Waals surface area (Å²) < 4.78 is 0. The second-order valence-electron chi connectivity index (χ2n) is 5.92. The van der Waals surface area contributed by atoms with Crippen LogP contribution in [0.15, 0.2) is 24.3 Å². The summed E-state index contributed by atoms with van der Waals surface area (Å²) >= 11 is 0. The first-order valence-electron chi connectivity index (χ1n) is 7.25. The van der Waals surface area contributed by atoms with Crippen LogP contribution in [0, 0.1) is 5.41 Å². The van der Waals surface area contributed by atoms with Gasteiger partial charge in [-0.1, -0.05) is 0 Å². The zero-order valence-corrected chi connectivity index (χ0v) is 11.9. The van der Waals surface area contributed by atoms with E-state index in [0.29, 0.717) is 24.1 Å². The van der Waals surface area contributed by atoms with Gasteiger partial charge in [-0.25, -0.2) is 0 Å². The molecule has 0 aromatic heterocycles. The van der Waals surface area contributed by atoms with Gasteiger partial charge in [0.2, 0.25) is 11.8 Å². The third-order valence-electron chi connectivity index (χ3n) is 4.08. The number of anilines is 1. The Bertz CT molecular complexity index is 598. The van der Waals surface area contributed by atoms with Crippen LogP contribution in [0.3, 0.4) is 0 Å². The molecule has 2 saturated carbocycles. The van der Waals surface area contributed by atoms with Crippen molar-refractivity contribution in [3.63, 3.8) is 0 Å². The fourth-order valence-corrected chi connectivity index (χ4v) is 2.27. The minimum Gasteiger partial charge on any atom is -0.352 e. The van der Waals surface area contributed by atoms with Gasteiger partial charge < -0.3 is 10.6 Å². The number of amides is 2. The largest absolute Gasteiger partial charge is 0.352 e. The number of carbonyl (C=O) groups excluding carboxylic acids is 3. The molecule has 0 spiro atoms. The lowest BCUT2D eigenvalue weighted by molar-refractivity contribution is -0.134. The van der Waals surface area contributed by atoms with Crippen LogP contribution in [0.2, 0.25) is 0 Å². The predicted octanol–water partition coefficient (Wildman–Crippen LogP) is 1.89. The fourth-order valence-electron chi connectivity index (χ4n) is 2.27. The molecule has 1 aromatic carbocycles. The first-order valence-corrected chi connectivity index (χ1v) is 7.25. The molecular weight excluding hydrogens is 268 g/mol. The van der Waals surface area contributed by atoms with Crippen LogP contribution in [0.4, 0.5) is 5.69 Å². The molecule has 5 heteroatoms. The molecule has 0 radical (unpaired) electrons. The highest BCUT2D eigenvalue weighted by molar-refractivity contribution is 6.13. The number of hydrogen-bond donors (Lipinski definition) is 2. The molecule has 2 aliphatic carbocycles. The zero-order valence-electron chi connectivity index (χ0n) is 11.9. The summed E-state index contributed by atoms with van der Waals surface area (Å²) in [5.74, 6) is -0.422. The van der Waals surface area contributed by atoms with Crippen molar-refractivity contribution in [3.05, 3.63) is 29.8 Å². The van der Waals surface area contributed by atoms with Crippen molar-refractivity contribution >= 4 is 23.3 Å². The van der Waals surface area contributed by atoms with E-state index in [1.54, 1.807) is 24.3 Å². The van der Waals surface area contributed by atoms with Crippen molar-refractivity contribution in [2.45, 2.75) is 38.6 Å². The van der Waals surface area contributed by atoms with Crippen LogP contribution in [-0.2, 0) is 9.59 Å². The summed E-state index contributed by atoms with van der Waals surface area (Å²) in [6.45, 7) is 1.50. The Morgan fingerprint density at radius 1 is 1.05 bits per heavy atom. The maximum Gasteiger partial charge on any atom is 0.240 e. The van der Waals surface area contributed by atoms with Gasteiger partial charge in [-0.15, -0.1) is 0 Å². The number of rotatable bonds is 5. The first kappa shape index (κ1) is 13.8. The van der Waals surface area contributed by atoms with E-state index in [1.807, 2.05) is 0 Å². The van der Waals surface area contributed by atoms with Crippen LogP contribution in [0.25, 0.3) is 0 Å². The van der Waals surface area contributed by atoms with Gasteiger partial charge in [-0.2, -0.15) is 0 Å². The molecule has 0 heterocycles. The number of ketones is 1. The van der Waals surface area contributed by atoms with Gasteiger partial charge in [0.25, 0.3) is 0 Å². The van der Waals surface area contributed by atoms with Crippen molar-refractivity contribution in [3.8, 4) is 0 Å². The quantitative estimate of drug-likeness (QED) is 0.641. The lowest BCUT2D eigenvalue weighted by Crippen LogP contribution is -2.40. The molecule has 1 aromatic rings. The van der Waals surface area contributed by atoms with Gasteiger partial charge in [0.05, 0.1) is 0 Å². The van der Waals surface area contributed by atoms with Gasteiger partial charge in [0.15, 0.2) is 5.78 Å². The summed E-state index contributed by atoms with van der Waals surface area (Å²) in [5.41, 5.74) is 0.318. The van der Waals surface area contributed by atoms with Gasteiger partial charge in [0, 0.05) is 17.3 Å². The molecule has 0 unspecified atom stereocenters. The normalized spacial score (nSPS) is 18.7. The lowest BCUT2D eigenvalue weighted by Gasteiger charge is -2.15. The SMILES string of the molecule is CC(=O)c1ccc(NC(=O)C2(C(=O)NC3CC3)CC2)cc1. The molecule has 0 bridgehead atoms. The van der Waals surface area contributed by atoms with Gasteiger partial charge in [-0.3, -0.25) is 14.4 Å². The second kappa shape index (κ2) is 4.98. The van der Waals surface area contributed by atoms with Crippen molar-refractivity contribution in [1.29, 1.82) is 0 Å². The van der Waals surface area contributed by atoms with E-state index in [2.05, 4.69) is 10.6 Å². The summed E-state index contributed by atoms with van der Waals surface area (Å²) in [6.07, 6.45) is 3.22. The van der Waals surface area contributed by atoms with E-state index >= 15 is 0 Å². The van der Waals surface area contributed by atoms with E-state index in [-0.39, 0.29) is 23.6 Å². The molecule has 21 heavy (non-hydrogen) atoms. The Morgan fingerprint density at radius 2 is 1.67 bits per heavy atom. The maximum atomic E-state index is 12.3. The van der Waals surface area contributed by atoms with Crippen molar-refractivity contribution in [2.75, 3.05) is 5.32 Å². The van der Waals surface area contributed by atoms with E-state index in [4.69, 9.17) is 0 Å². The highest BCUT2D eigenvalue weighted by atomic mass is 16.2. The Balaban J connectivity index is 1.65. The molecule has 0 aliphatic heterocycles. The Morgan fingerprint density at radius 3 is 2.14 bits per heavy atom. The molecule has 110 valence electrons. The van der Waals surface area contributed by atoms with Crippen molar-refractivity contribution in [1.82, 2.24) is 5.32 Å². The summed E-state index contributed by atoms with van der Waals surface area (Å²) in [6, 6.07) is 6.97. The van der Waals surface area contributed by atoms with Gasteiger partial charge in [0.1, 0.15) is 5.41 Å². The average Bonchev–Trinajstić information content (AvgIpc) is 3.33.